The molecule has 0 radical (unpaired) electrons. The topological polar surface area (TPSA) is 164 Å². The maximum absolute atomic E-state index is 11.9. The number of anilines is 2. The van der Waals surface area contributed by atoms with Gasteiger partial charge in [0.05, 0.1) is 24.5 Å². The number of hydrogen-bond acceptors (Lipinski definition) is 10. The molecule has 4 N–H and O–H groups in total. The van der Waals surface area contributed by atoms with Crippen LogP contribution >= 0.6 is 21.3 Å². The Kier molecular flexibility index (Phi) is 5.13. The molecule has 2 aromatic rings. The van der Waals surface area contributed by atoms with Crippen LogP contribution in [0.2, 0.25) is 0 Å². The Balaban J connectivity index is 1.67. The number of nitrogens with two attached hydrogens (primary N) is 1. The third-order valence-electron chi connectivity index (χ3n) is 4.16. The van der Waals surface area contributed by atoms with E-state index in [1.807, 2.05) is 0 Å². The van der Waals surface area contributed by atoms with Gasteiger partial charge in [-0.15, -0.1) is 0 Å². The van der Waals surface area contributed by atoms with Crippen molar-refractivity contribution < 1.29 is 19.7 Å². The SMILES string of the molecule is CC=NC(=O)c1cnn(-c2nc(N)c3c(n2)N(C2O[C@H](CO)C[C@H]2O)I=N3)c1. The minimum Gasteiger partial charge on any atom is -0.394 e. The number of rotatable bonds is 4. The van der Waals surface area contributed by atoms with Crippen molar-refractivity contribution in [3.63, 3.8) is 0 Å². The van der Waals surface area contributed by atoms with Crippen LogP contribution < -0.4 is 8.85 Å². The average Bonchev–Trinajstić information content (AvgIpc) is 3.39. The molecule has 2 aromatic heterocycles. The lowest BCUT2D eigenvalue weighted by Gasteiger charge is -2.24. The van der Waals surface area contributed by atoms with Gasteiger partial charge in [0.15, 0.2) is 23.6 Å². The molecule has 1 unspecified atom stereocenters. The number of amides is 1. The first-order chi connectivity index (χ1) is 13.5. The largest absolute Gasteiger partial charge is 0.394 e. The van der Waals surface area contributed by atoms with Gasteiger partial charge >= 0.3 is 0 Å². The molecule has 1 amide bonds. The van der Waals surface area contributed by atoms with Crippen LogP contribution in [0.15, 0.2) is 20.5 Å². The molecule has 2 aliphatic rings. The van der Waals surface area contributed by atoms with Gasteiger partial charge in [0.1, 0.15) is 27.4 Å². The zero-order chi connectivity index (χ0) is 19.8. The molecule has 4 rings (SSSR count). The van der Waals surface area contributed by atoms with Gasteiger partial charge in [-0.1, -0.05) is 0 Å². The number of hydrogen-bond donors (Lipinski definition) is 3. The van der Waals surface area contributed by atoms with E-state index in [2.05, 4.69) is 23.2 Å². The Bertz CT molecular complexity index is 977. The first-order valence-corrected chi connectivity index (χ1v) is 10.3. The number of nitrogen functional groups attached to an aromatic ring is 1. The van der Waals surface area contributed by atoms with Crippen molar-refractivity contribution in [1.82, 2.24) is 19.7 Å². The fourth-order valence-electron chi connectivity index (χ4n) is 2.84. The van der Waals surface area contributed by atoms with Gasteiger partial charge in [0.2, 0.25) is 0 Å². The number of carbonyl (C=O) groups excluding carboxylic acids is 1. The maximum atomic E-state index is 11.9. The van der Waals surface area contributed by atoms with Crippen LogP contribution in [0.25, 0.3) is 5.95 Å². The van der Waals surface area contributed by atoms with E-state index in [1.54, 1.807) is 10.0 Å². The Morgan fingerprint density at radius 2 is 2.36 bits per heavy atom. The van der Waals surface area contributed by atoms with Crippen molar-refractivity contribution in [2.75, 3.05) is 15.5 Å². The second kappa shape index (κ2) is 7.57. The van der Waals surface area contributed by atoms with Gasteiger partial charge in [0.25, 0.3) is 11.9 Å². The minimum absolute atomic E-state index is 0.160. The number of halogens is 1. The summed E-state index contributed by atoms with van der Waals surface area (Å²) in [6.45, 7) is 1.47. The number of carbonyl (C=O) groups is 1. The fourth-order valence-corrected chi connectivity index (χ4v) is 5.04. The van der Waals surface area contributed by atoms with E-state index >= 15 is 0 Å². The Morgan fingerprint density at radius 1 is 1.54 bits per heavy atom. The molecular formula is C15H17IN8O4. The van der Waals surface area contributed by atoms with E-state index in [0.29, 0.717) is 17.9 Å². The Labute approximate surface area is 169 Å². The quantitative estimate of drug-likeness (QED) is 0.307. The molecule has 4 heterocycles. The molecule has 1 saturated heterocycles. The smallest absolute Gasteiger partial charge is 0.279 e. The molecule has 1 fully saturated rings. The van der Waals surface area contributed by atoms with Crippen LogP contribution in [0.1, 0.15) is 23.7 Å². The molecule has 13 heteroatoms. The maximum Gasteiger partial charge on any atom is 0.279 e. The normalized spacial score (nSPS) is 24.0. The summed E-state index contributed by atoms with van der Waals surface area (Å²) in [5.41, 5.74) is 6.78. The van der Waals surface area contributed by atoms with E-state index in [-0.39, 0.29) is 23.9 Å². The zero-order valence-corrected chi connectivity index (χ0v) is 16.8. The predicted octanol–water partition coefficient (Wildman–Crippen LogP) is 0.464. The number of aromatic nitrogens is 4. The van der Waals surface area contributed by atoms with E-state index in [9.17, 15) is 15.0 Å². The first kappa shape index (κ1) is 19.0. The van der Waals surface area contributed by atoms with Crippen LogP contribution in [0, 0.1) is 0 Å². The van der Waals surface area contributed by atoms with Crippen molar-refractivity contribution in [3.05, 3.63) is 18.0 Å². The van der Waals surface area contributed by atoms with Gasteiger partial charge in [-0.3, -0.25) is 7.91 Å². The first-order valence-electron chi connectivity index (χ1n) is 8.36. The molecule has 0 aromatic carbocycles. The summed E-state index contributed by atoms with van der Waals surface area (Å²) >= 11 is -0.922. The molecular weight excluding hydrogens is 483 g/mol. The third-order valence-corrected chi connectivity index (χ3v) is 6.33. The summed E-state index contributed by atoms with van der Waals surface area (Å²) in [7, 11) is 0. The van der Waals surface area contributed by atoms with Gasteiger partial charge in [-0.2, -0.15) is 18.2 Å². The van der Waals surface area contributed by atoms with E-state index in [4.69, 9.17) is 10.5 Å². The molecule has 3 atom stereocenters. The second-order valence-corrected chi connectivity index (χ2v) is 8.01. The molecule has 148 valence electrons. The van der Waals surface area contributed by atoms with Crippen molar-refractivity contribution in [2.45, 2.75) is 31.8 Å². The summed E-state index contributed by atoms with van der Waals surface area (Å²) in [5, 5.41) is 23.7. The lowest BCUT2D eigenvalue weighted by atomic mass is 10.2. The highest BCUT2D eigenvalue weighted by Crippen LogP contribution is 2.47. The van der Waals surface area contributed by atoms with Crippen LogP contribution in [0.3, 0.4) is 0 Å². The molecule has 0 aliphatic carbocycles. The van der Waals surface area contributed by atoms with E-state index in [0.717, 1.165) is 0 Å². The van der Waals surface area contributed by atoms with Crippen LogP contribution in [0.4, 0.5) is 17.3 Å². The lowest BCUT2D eigenvalue weighted by molar-refractivity contribution is -0.000254. The van der Waals surface area contributed by atoms with Crippen molar-refractivity contribution >= 4 is 50.8 Å². The number of aliphatic hydroxyl groups is 2. The highest BCUT2D eigenvalue weighted by atomic mass is 127. The van der Waals surface area contributed by atoms with Gasteiger partial charge in [-0.05, 0) is 6.92 Å². The van der Waals surface area contributed by atoms with Gasteiger partial charge in [-0.25, -0.2) is 9.67 Å². The van der Waals surface area contributed by atoms with Crippen LogP contribution in [-0.4, -0.2) is 67.1 Å². The zero-order valence-electron chi connectivity index (χ0n) is 14.7. The highest BCUT2D eigenvalue weighted by Gasteiger charge is 2.41. The van der Waals surface area contributed by atoms with E-state index in [1.165, 1.54) is 23.3 Å². The van der Waals surface area contributed by atoms with Gasteiger partial charge < -0.3 is 20.7 Å². The number of nitrogens with zero attached hydrogens (tertiary/aromatic N) is 7. The summed E-state index contributed by atoms with van der Waals surface area (Å²) in [6, 6.07) is 0. The Hall–Kier alpha value is -2.36. The van der Waals surface area contributed by atoms with E-state index < -0.39 is 45.6 Å². The Morgan fingerprint density at radius 3 is 3.07 bits per heavy atom. The van der Waals surface area contributed by atoms with Gasteiger partial charge in [0, 0.05) is 18.8 Å². The number of aliphatic imine (C=N–C) groups is 1. The number of ether oxygens (including phenoxy) is 1. The molecule has 0 spiro atoms. The van der Waals surface area contributed by atoms with Crippen LogP contribution in [0.5, 0.6) is 0 Å². The fraction of sp³-hybridized carbons (Fsp3) is 0.400. The summed E-state index contributed by atoms with van der Waals surface area (Å²) < 4.78 is 13.2. The summed E-state index contributed by atoms with van der Waals surface area (Å²) in [6.07, 6.45) is 2.68. The molecule has 12 nitrogen and oxygen atoms in total. The number of aliphatic hydroxyl groups excluding tert-OH is 2. The second-order valence-electron chi connectivity index (χ2n) is 6.05. The highest BCUT2D eigenvalue weighted by molar-refractivity contribution is 14.2. The standard InChI is InChI=1S/C15H17IN8O4/c1-2-18-13(27)7-4-19-23(5-7)15-20-11(17)10-12(21-15)24(16-22-10)14-9(26)3-8(6-25)28-14/h2,4-5,8-9,14,25-26H,3,6H2,1H3,(H2,17,20,21)/t8-,9+,14?/m0/s1. The summed E-state index contributed by atoms with van der Waals surface area (Å²) in [4.78, 5) is 24.3. The van der Waals surface area contributed by atoms with Crippen molar-refractivity contribution in [3.8, 4) is 5.95 Å². The number of fused-ring (bicyclic) bond motifs is 1. The molecule has 28 heavy (non-hydrogen) atoms. The third kappa shape index (κ3) is 3.30. The predicted molar refractivity (Wildman–Crippen MR) is 107 cm³/mol. The minimum atomic E-state index is -0.922. The van der Waals surface area contributed by atoms with Crippen molar-refractivity contribution in [2.24, 2.45) is 8.14 Å². The average molecular weight is 500 g/mol. The molecule has 2 aliphatic heterocycles. The summed E-state index contributed by atoms with van der Waals surface area (Å²) in [5.74, 6) is 0.340. The monoisotopic (exact) mass is 500 g/mol. The van der Waals surface area contributed by atoms with Crippen molar-refractivity contribution in [1.29, 1.82) is 0 Å². The lowest BCUT2D eigenvalue weighted by Crippen LogP contribution is -2.35. The molecule has 0 saturated carbocycles. The van der Waals surface area contributed by atoms with Crippen LogP contribution in [-0.2, 0) is 4.74 Å². The molecule has 0 bridgehead atoms.